The largest absolute Gasteiger partial charge is 0.379 e. The third-order valence-electron chi connectivity index (χ3n) is 2.30. The Balaban J connectivity index is 1.70. The lowest BCUT2D eigenvalue weighted by atomic mass is 9.85. The molecular weight excluding hydrogens is 174 g/mol. The lowest BCUT2D eigenvalue weighted by Crippen LogP contribution is -2.29. The second kappa shape index (κ2) is 6.70. The van der Waals surface area contributed by atoms with Crippen molar-refractivity contribution in [1.82, 2.24) is 5.32 Å². The van der Waals surface area contributed by atoms with Crippen LogP contribution in [0.25, 0.3) is 0 Å². The van der Waals surface area contributed by atoms with E-state index >= 15 is 0 Å². The standard InChI is InChI=1S/C9H18ClNO/c10-4-6-12-7-5-11-8-9-2-1-3-9/h9,11H,1-8H2. The van der Waals surface area contributed by atoms with Gasteiger partial charge < -0.3 is 10.1 Å². The fourth-order valence-electron chi connectivity index (χ4n) is 1.30. The Morgan fingerprint density at radius 3 is 2.75 bits per heavy atom. The van der Waals surface area contributed by atoms with Crippen LogP contribution in [-0.2, 0) is 4.74 Å². The fraction of sp³-hybridized carbons (Fsp3) is 1.00. The predicted octanol–water partition coefficient (Wildman–Crippen LogP) is 1.63. The highest BCUT2D eigenvalue weighted by Crippen LogP contribution is 2.24. The summed E-state index contributed by atoms with van der Waals surface area (Å²) < 4.78 is 5.22. The smallest absolute Gasteiger partial charge is 0.0602 e. The molecule has 0 radical (unpaired) electrons. The summed E-state index contributed by atoms with van der Waals surface area (Å²) in [5, 5.41) is 3.38. The van der Waals surface area contributed by atoms with Crippen molar-refractivity contribution in [3.63, 3.8) is 0 Å². The van der Waals surface area contributed by atoms with Gasteiger partial charge in [0.25, 0.3) is 0 Å². The summed E-state index contributed by atoms with van der Waals surface area (Å²) in [6, 6.07) is 0. The summed E-state index contributed by atoms with van der Waals surface area (Å²) in [5.41, 5.74) is 0. The molecule has 72 valence electrons. The SMILES string of the molecule is ClCCOCCNCC1CCC1. The maximum atomic E-state index is 5.45. The summed E-state index contributed by atoms with van der Waals surface area (Å²) >= 11 is 5.45. The molecule has 2 nitrogen and oxygen atoms in total. The monoisotopic (exact) mass is 191 g/mol. The van der Waals surface area contributed by atoms with Gasteiger partial charge in [-0.1, -0.05) is 6.42 Å². The third kappa shape index (κ3) is 4.29. The molecule has 0 bridgehead atoms. The van der Waals surface area contributed by atoms with Gasteiger partial charge in [-0.2, -0.15) is 0 Å². The van der Waals surface area contributed by atoms with Gasteiger partial charge in [-0.3, -0.25) is 0 Å². The van der Waals surface area contributed by atoms with Crippen molar-refractivity contribution in [2.75, 3.05) is 32.2 Å². The van der Waals surface area contributed by atoms with Gasteiger partial charge in [-0.25, -0.2) is 0 Å². The average Bonchev–Trinajstić information content (AvgIpc) is 2.00. The van der Waals surface area contributed by atoms with Gasteiger partial charge >= 0.3 is 0 Å². The first-order valence-corrected chi connectivity index (χ1v) is 5.31. The molecule has 0 aliphatic heterocycles. The molecule has 0 aromatic carbocycles. The highest BCUT2D eigenvalue weighted by molar-refractivity contribution is 6.17. The zero-order valence-electron chi connectivity index (χ0n) is 7.52. The van der Waals surface area contributed by atoms with Gasteiger partial charge in [0.1, 0.15) is 0 Å². The Morgan fingerprint density at radius 2 is 2.17 bits per heavy atom. The van der Waals surface area contributed by atoms with Crippen LogP contribution in [-0.4, -0.2) is 32.2 Å². The van der Waals surface area contributed by atoms with Crippen molar-refractivity contribution in [3.05, 3.63) is 0 Å². The first-order valence-electron chi connectivity index (χ1n) is 4.78. The summed E-state index contributed by atoms with van der Waals surface area (Å²) in [6.07, 6.45) is 4.25. The molecule has 0 aromatic heterocycles. The summed E-state index contributed by atoms with van der Waals surface area (Å²) in [4.78, 5) is 0. The third-order valence-corrected chi connectivity index (χ3v) is 2.46. The average molecular weight is 192 g/mol. The van der Waals surface area contributed by atoms with Crippen LogP contribution in [0.5, 0.6) is 0 Å². The fourth-order valence-corrected chi connectivity index (χ4v) is 1.41. The number of alkyl halides is 1. The number of rotatable bonds is 7. The Kier molecular flexibility index (Phi) is 5.74. The maximum absolute atomic E-state index is 5.45. The first-order chi connectivity index (χ1) is 5.93. The molecular formula is C9H18ClNO. The van der Waals surface area contributed by atoms with Gasteiger partial charge in [0.2, 0.25) is 0 Å². The molecule has 0 heterocycles. The topological polar surface area (TPSA) is 21.3 Å². The summed E-state index contributed by atoms with van der Waals surface area (Å²) in [7, 11) is 0. The molecule has 1 aliphatic rings. The molecule has 1 aliphatic carbocycles. The van der Waals surface area contributed by atoms with Crippen molar-refractivity contribution < 1.29 is 4.74 Å². The van der Waals surface area contributed by atoms with Gasteiger partial charge in [0, 0.05) is 12.4 Å². The van der Waals surface area contributed by atoms with Crippen LogP contribution < -0.4 is 5.32 Å². The lowest BCUT2D eigenvalue weighted by molar-refractivity contribution is 0.148. The van der Waals surface area contributed by atoms with E-state index in [0.29, 0.717) is 12.5 Å². The molecule has 0 amide bonds. The van der Waals surface area contributed by atoms with Crippen molar-refractivity contribution in [2.45, 2.75) is 19.3 Å². The van der Waals surface area contributed by atoms with E-state index in [1.54, 1.807) is 0 Å². The number of halogens is 1. The van der Waals surface area contributed by atoms with Crippen LogP contribution >= 0.6 is 11.6 Å². The van der Waals surface area contributed by atoms with E-state index in [1.165, 1.54) is 25.8 Å². The molecule has 1 N–H and O–H groups in total. The minimum absolute atomic E-state index is 0.600. The highest BCUT2D eigenvalue weighted by atomic mass is 35.5. The molecule has 1 rings (SSSR count). The van der Waals surface area contributed by atoms with Crippen molar-refractivity contribution in [2.24, 2.45) is 5.92 Å². The molecule has 12 heavy (non-hydrogen) atoms. The van der Waals surface area contributed by atoms with Crippen molar-refractivity contribution >= 4 is 11.6 Å². The molecule has 0 aromatic rings. The normalized spacial score (nSPS) is 17.8. The van der Waals surface area contributed by atoms with E-state index in [4.69, 9.17) is 16.3 Å². The van der Waals surface area contributed by atoms with E-state index in [-0.39, 0.29) is 0 Å². The van der Waals surface area contributed by atoms with Gasteiger partial charge in [0.05, 0.1) is 13.2 Å². The van der Waals surface area contributed by atoms with Crippen LogP contribution in [0, 0.1) is 5.92 Å². The van der Waals surface area contributed by atoms with Gasteiger partial charge in [0.15, 0.2) is 0 Å². The Hall–Kier alpha value is 0.210. The molecule has 1 fully saturated rings. The number of hydrogen-bond donors (Lipinski definition) is 1. The molecule has 0 atom stereocenters. The Labute approximate surface area is 79.6 Å². The number of ether oxygens (including phenoxy) is 1. The molecule has 0 saturated heterocycles. The van der Waals surface area contributed by atoms with Crippen LogP contribution in [0.4, 0.5) is 0 Å². The zero-order valence-corrected chi connectivity index (χ0v) is 8.28. The zero-order chi connectivity index (χ0) is 8.65. The minimum Gasteiger partial charge on any atom is -0.379 e. The summed E-state index contributed by atoms with van der Waals surface area (Å²) in [6.45, 7) is 3.60. The van der Waals surface area contributed by atoms with Crippen LogP contribution in [0.1, 0.15) is 19.3 Å². The molecule has 1 saturated carbocycles. The maximum Gasteiger partial charge on any atom is 0.0602 e. The van der Waals surface area contributed by atoms with E-state index in [0.717, 1.165) is 19.1 Å². The van der Waals surface area contributed by atoms with Crippen molar-refractivity contribution in [3.8, 4) is 0 Å². The highest BCUT2D eigenvalue weighted by Gasteiger charge is 2.15. The number of hydrogen-bond acceptors (Lipinski definition) is 2. The van der Waals surface area contributed by atoms with E-state index in [2.05, 4.69) is 5.32 Å². The molecule has 3 heteroatoms. The van der Waals surface area contributed by atoms with Crippen molar-refractivity contribution in [1.29, 1.82) is 0 Å². The molecule has 0 spiro atoms. The number of nitrogens with one attached hydrogen (secondary N) is 1. The Bertz CT molecular complexity index is 107. The van der Waals surface area contributed by atoms with Gasteiger partial charge in [-0.15, -0.1) is 11.6 Å². The van der Waals surface area contributed by atoms with Crippen LogP contribution in [0.15, 0.2) is 0 Å². The van der Waals surface area contributed by atoms with E-state index < -0.39 is 0 Å². The Morgan fingerprint density at radius 1 is 1.33 bits per heavy atom. The van der Waals surface area contributed by atoms with Crippen LogP contribution in [0.3, 0.4) is 0 Å². The van der Waals surface area contributed by atoms with Gasteiger partial charge in [-0.05, 0) is 25.3 Å². The second-order valence-corrected chi connectivity index (χ2v) is 3.68. The molecule has 0 unspecified atom stereocenters. The second-order valence-electron chi connectivity index (χ2n) is 3.30. The quantitative estimate of drug-likeness (QED) is 0.488. The minimum atomic E-state index is 0.600. The van der Waals surface area contributed by atoms with Crippen LogP contribution in [0.2, 0.25) is 0 Å². The van der Waals surface area contributed by atoms with E-state index in [9.17, 15) is 0 Å². The lowest BCUT2D eigenvalue weighted by Gasteiger charge is -2.25. The predicted molar refractivity (Wildman–Crippen MR) is 51.7 cm³/mol. The summed E-state index contributed by atoms with van der Waals surface area (Å²) in [5.74, 6) is 1.54. The first kappa shape index (κ1) is 10.3. The van der Waals surface area contributed by atoms with E-state index in [1.807, 2.05) is 0 Å².